The molecule has 1 N–H and O–H groups in total. The predicted molar refractivity (Wildman–Crippen MR) is 122 cm³/mol. The Morgan fingerprint density at radius 1 is 0.970 bits per heavy atom. The van der Waals surface area contributed by atoms with Crippen molar-refractivity contribution in [3.63, 3.8) is 0 Å². The lowest BCUT2D eigenvalue weighted by molar-refractivity contribution is -0.273. The number of nitrogens with one attached hydrogen (secondary N) is 1. The van der Waals surface area contributed by atoms with E-state index in [-0.39, 0.29) is 5.90 Å². The van der Waals surface area contributed by atoms with Crippen molar-refractivity contribution in [2.75, 3.05) is 6.61 Å². The summed E-state index contributed by atoms with van der Waals surface area (Å²) >= 11 is 0. The number of hydrogen-bond acceptors (Lipinski definition) is 7. The number of hydrogen-bond donors (Lipinski definition) is 1. The fraction of sp³-hybridized carbons (Fsp3) is 0.615. The van der Waals surface area contributed by atoms with E-state index in [0.717, 1.165) is 12.8 Å². The van der Waals surface area contributed by atoms with Gasteiger partial charge >= 0.3 is 0 Å². The Morgan fingerprint density at radius 3 is 2.21 bits per heavy atom. The highest BCUT2D eigenvalue weighted by molar-refractivity contribution is 5.89. The zero-order valence-corrected chi connectivity index (χ0v) is 19.7. The van der Waals surface area contributed by atoms with Gasteiger partial charge < -0.3 is 14.2 Å². The summed E-state index contributed by atoms with van der Waals surface area (Å²) in [6.07, 6.45) is 5.91. The molecule has 2 heterocycles. The number of ether oxygens (including phenoxy) is 3. The summed E-state index contributed by atoms with van der Waals surface area (Å²) in [5.74, 6) is -1.53. The lowest BCUT2D eigenvalue weighted by Crippen LogP contribution is -2.58. The standard InChI is InChI=1S/C26H32N4O3/c1-4-6-7-8-9-15-31-20-13-11-19(12-14-20)22-25(16-27,17-28)26(18-29)21(10-5-2)24(3,32-22)33-23(26)30/h11-14,21-22,30H,4-10,15H2,1-3H3. The average Bonchev–Trinajstić information content (AvgIpc) is 2.98. The molecule has 1 aromatic rings. The van der Waals surface area contributed by atoms with Crippen LogP contribution in [0.1, 0.15) is 77.4 Å². The van der Waals surface area contributed by atoms with Crippen LogP contribution in [-0.2, 0) is 9.47 Å². The van der Waals surface area contributed by atoms with Crippen LogP contribution in [0.2, 0.25) is 0 Å². The van der Waals surface area contributed by atoms with Crippen LogP contribution in [0.5, 0.6) is 5.75 Å². The minimum absolute atomic E-state index is 0.362. The molecule has 2 bridgehead atoms. The number of nitriles is 3. The predicted octanol–water partition coefficient (Wildman–Crippen LogP) is 5.79. The highest BCUT2D eigenvalue weighted by atomic mass is 16.7. The van der Waals surface area contributed by atoms with E-state index in [2.05, 4.69) is 25.1 Å². The Kier molecular flexibility index (Phi) is 7.31. The molecule has 1 aromatic carbocycles. The fourth-order valence-electron chi connectivity index (χ4n) is 5.25. The number of unbranched alkanes of at least 4 members (excludes halogenated alkanes) is 4. The quantitative estimate of drug-likeness (QED) is 0.452. The first-order chi connectivity index (χ1) is 15.9. The van der Waals surface area contributed by atoms with Crippen LogP contribution < -0.4 is 4.74 Å². The van der Waals surface area contributed by atoms with Gasteiger partial charge in [0.2, 0.25) is 17.1 Å². The van der Waals surface area contributed by atoms with Gasteiger partial charge in [0.05, 0.1) is 30.7 Å². The van der Waals surface area contributed by atoms with Crippen LogP contribution in [-0.4, -0.2) is 18.3 Å². The Morgan fingerprint density at radius 2 is 1.64 bits per heavy atom. The lowest BCUT2D eigenvalue weighted by atomic mass is 9.53. The van der Waals surface area contributed by atoms with Gasteiger partial charge in [0.1, 0.15) is 11.9 Å². The van der Waals surface area contributed by atoms with E-state index in [4.69, 9.17) is 19.6 Å². The smallest absolute Gasteiger partial charge is 0.214 e. The average molecular weight is 449 g/mol. The molecular weight excluding hydrogens is 416 g/mol. The highest BCUT2D eigenvalue weighted by Crippen LogP contribution is 2.67. The van der Waals surface area contributed by atoms with Crippen LogP contribution in [0.25, 0.3) is 0 Å². The van der Waals surface area contributed by atoms with Gasteiger partial charge in [0, 0.05) is 6.92 Å². The molecule has 7 heteroatoms. The second-order valence-corrected chi connectivity index (χ2v) is 9.07. The van der Waals surface area contributed by atoms with Gasteiger partial charge in [-0.1, -0.05) is 58.1 Å². The topological polar surface area (TPSA) is 123 Å². The molecule has 2 fully saturated rings. The molecule has 0 saturated carbocycles. The van der Waals surface area contributed by atoms with Gasteiger partial charge in [-0.2, -0.15) is 15.8 Å². The molecule has 2 aliphatic rings. The number of benzene rings is 1. The van der Waals surface area contributed by atoms with E-state index in [1.165, 1.54) is 19.3 Å². The molecular formula is C26H32N4O3. The summed E-state index contributed by atoms with van der Waals surface area (Å²) in [7, 11) is 0. The highest BCUT2D eigenvalue weighted by Gasteiger charge is 2.78. The Labute approximate surface area is 196 Å². The first kappa shape index (κ1) is 24.6. The third kappa shape index (κ3) is 3.84. The number of fused-ring (bicyclic) bond motifs is 2. The van der Waals surface area contributed by atoms with E-state index in [1.807, 2.05) is 6.92 Å². The van der Waals surface area contributed by atoms with Gasteiger partial charge in [-0.25, -0.2) is 0 Å². The van der Waals surface area contributed by atoms with Crippen LogP contribution >= 0.6 is 0 Å². The third-order valence-electron chi connectivity index (χ3n) is 6.99. The van der Waals surface area contributed by atoms with Crippen molar-refractivity contribution < 1.29 is 14.2 Å². The maximum absolute atomic E-state index is 10.3. The van der Waals surface area contributed by atoms with Crippen molar-refractivity contribution in [2.45, 2.75) is 77.6 Å². The summed E-state index contributed by atoms with van der Waals surface area (Å²) in [4.78, 5) is 0. The summed E-state index contributed by atoms with van der Waals surface area (Å²) in [5, 5.41) is 39.3. The van der Waals surface area contributed by atoms with Gasteiger partial charge in [-0.05, 0) is 30.5 Å². The molecule has 33 heavy (non-hydrogen) atoms. The summed E-state index contributed by atoms with van der Waals surface area (Å²) in [5.41, 5.74) is -3.05. The molecule has 7 nitrogen and oxygen atoms in total. The summed E-state index contributed by atoms with van der Waals surface area (Å²) in [6, 6.07) is 13.4. The van der Waals surface area contributed by atoms with Crippen LogP contribution in [0.4, 0.5) is 0 Å². The van der Waals surface area contributed by atoms with Crippen LogP contribution in [0, 0.1) is 56.2 Å². The molecule has 0 aliphatic carbocycles. The largest absolute Gasteiger partial charge is 0.494 e. The SMILES string of the molecule is CCCCCCCOc1ccc(C2OC3(C)OC(=N)C(C#N)(C3CCC)C2(C#N)C#N)cc1. The molecule has 0 amide bonds. The van der Waals surface area contributed by atoms with Gasteiger partial charge in [-0.15, -0.1) is 0 Å². The van der Waals surface area contributed by atoms with Crippen molar-refractivity contribution in [3.05, 3.63) is 29.8 Å². The van der Waals surface area contributed by atoms with E-state index < -0.39 is 28.6 Å². The van der Waals surface area contributed by atoms with E-state index in [0.29, 0.717) is 30.8 Å². The van der Waals surface area contributed by atoms with Crippen molar-refractivity contribution >= 4 is 5.90 Å². The Bertz CT molecular complexity index is 973. The molecule has 3 rings (SSSR count). The summed E-state index contributed by atoms with van der Waals surface area (Å²) < 4.78 is 17.9. The van der Waals surface area contributed by atoms with Crippen LogP contribution in [0.15, 0.2) is 24.3 Å². The van der Waals surface area contributed by atoms with Crippen molar-refractivity contribution in [1.29, 1.82) is 21.2 Å². The van der Waals surface area contributed by atoms with E-state index in [9.17, 15) is 15.8 Å². The minimum atomic E-state index is -1.92. The maximum Gasteiger partial charge on any atom is 0.214 e. The van der Waals surface area contributed by atoms with Crippen molar-refractivity contribution in [2.24, 2.45) is 16.7 Å². The molecule has 2 aliphatic heterocycles. The van der Waals surface area contributed by atoms with E-state index in [1.54, 1.807) is 31.2 Å². The minimum Gasteiger partial charge on any atom is -0.494 e. The van der Waals surface area contributed by atoms with Gasteiger partial charge in [-0.3, -0.25) is 5.41 Å². The van der Waals surface area contributed by atoms with Crippen molar-refractivity contribution in [3.8, 4) is 24.0 Å². The molecule has 0 radical (unpaired) electrons. The zero-order valence-electron chi connectivity index (χ0n) is 19.7. The second-order valence-electron chi connectivity index (χ2n) is 9.07. The van der Waals surface area contributed by atoms with Gasteiger partial charge in [0.15, 0.2) is 5.41 Å². The zero-order chi connectivity index (χ0) is 24.1. The maximum atomic E-state index is 10.3. The third-order valence-corrected chi connectivity index (χ3v) is 6.99. The lowest BCUT2D eigenvalue weighted by Gasteiger charge is -2.48. The monoisotopic (exact) mass is 448 g/mol. The molecule has 0 spiro atoms. The first-order valence-corrected chi connectivity index (χ1v) is 11.8. The first-order valence-electron chi connectivity index (χ1n) is 11.8. The second kappa shape index (κ2) is 9.82. The fourth-order valence-corrected chi connectivity index (χ4v) is 5.25. The molecule has 0 aromatic heterocycles. The van der Waals surface area contributed by atoms with Crippen molar-refractivity contribution in [1.82, 2.24) is 0 Å². The summed E-state index contributed by atoms with van der Waals surface area (Å²) in [6.45, 7) is 6.46. The normalized spacial score (nSPS) is 29.4. The van der Waals surface area contributed by atoms with Gasteiger partial charge in [0.25, 0.3) is 0 Å². The molecule has 4 atom stereocenters. The Hall–Kier alpha value is -3.08. The molecule has 2 saturated heterocycles. The van der Waals surface area contributed by atoms with Crippen LogP contribution in [0.3, 0.4) is 0 Å². The Balaban J connectivity index is 1.90. The number of nitrogens with zero attached hydrogens (tertiary/aromatic N) is 3. The van der Waals surface area contributed by atoms with E-state index >= 15 is 0 Å². The molecule has 4 unspecified atom stereocenters. The molecule has 174 valence electrons. The number of rotatable bonds is 10.